The van der Waals surface area contributed by atoms with Crippen molar-refractivity contribution in [3.8, 4) is 0 Å². The zero-order chi connectivity index (χ0) is 14.7. The van der Waals surface area contributed by atoms with Gasteiger partial charge in [-0.1, -0.05) is 44.2 Å². The van der Waals surface area contributed by atoms with E-state index in [9.17, 15) is 0 Å². The van der Waals surface area contributed by atoms with Gasteiger partial charge >= 0.3 is 0 Å². The zero-order valence-corrected chi connectivity index (χ0v) is 15.4. The third kappa shape index (κ3) is 3.88. The number of halogens is 2. The second kappa shape index (κ2) is 8.68. The van der Waals surface area contributed by atoms with Gasteiger partial charge in [0.1, 0.15) is 0 Å². The van der Waals surface area contributed by atoms with Gasteiger partial charge in [0.25, 0.3) is 0 Å². The first-order chi connectivity index (χ1) is 10.3. The molecule has 1 aromatic carbocycles. The maximum absolute atomic E-state index is 4.17. The Balaban J connectivity index is 0.00000132. The fourth-order valence-electron chi connectivity index (χ4n) is 3.87. The molecular formula is C19H26Cl2N2. The zero-order valence-electron chi connectivity index (χ0n) is 13.7. The van der Waals surface area contributed by atoms with Gasteiger partial charge in [0.15, 0.2) is 0 Å². The third-order valence-electron chi connectivity index (χ3n) is 5.17. The van der Waals surface area contributed by atoms with E-state index in [4.69, 9.17) is 0 Å². The second-order valence-electron chi connectivity index (χ2n) is 6.04. The summed E-state index contributed by atoms with van der Waals surface area (Å²) in [4.78, 5) is 4.17. The topological polar surface area (TPSA) is 24.9 Å². The van der Waals surface area contributed by atoms with E-state index in [-0.39, 0.29) is 30.4 Å². The molecule has 0 saturated carbocycles. The molecule has 2 aromatic rings. The van der Waals surface area contributed by atoms with Crippen LogP contribution in [-0.4, -0.2) is 10.5 Å². The molecule has 1 aromatic heterocycles. The summed E-state index contributed by atoms with van der Waals surface area (Å²) in [5, 5.41) is 3.95. The van der Waals surface area contributed by atoms with E-state index in [0.717, 1.165) is 19.3 Å². The Hall–Kier alpha value is -1.09. The lowest BCUT2D eigenvalue weighted by Crippen LogP contribution is -2.43. The highest BCUT2D eigenvalue weighted by atomic mass is 35.5. The normalized spacial score (nSPS) is 22.0. The Labute approximate surface area is 151 Å². The smallest absolute Gasteiger partial charge is 0.0331 e. The standard InChI is InChI=1S/C19H24N2.2ClH/c1-3-19(4-2)17(15-10-12-20-13-11-15)14-18(21-19)16-8-6-5-7-9-16;;/h5-13,17-18,21H,3-4,14H2,1-2H3;2*1H. The van der Waals surface area contributed by atoms with Gasteiger partial charge in [-0.15, -0.1) is 24.8 Å². The number of aromatic nitrogens is 1. The third-order valence-corrected chi connectivity index (χ3v) is 5.17. The van der Waals surface area contributed by atoms with Crippen molar-refractivity contribution in [1.29, 1.82) is 0 Å². The molecule has 0 spiro atoms. The maximum atomic E-state index is 4.17. The largest absolute Gasteiger partial charge is 0.304 e. The van der Waals surface area contributed by atoms with Gasteiger partial charge in [0.2, 0.25) is 0 Å². The van der Waals surface area contributed by atoms with Crippen LogP contribution in [0.15, 0.2) is 54.9 Å². The lowest BCUT2D eigenvalue weighted by Gasteiger charge is -2.34. The Morgan fingerprint density at radius 3 is 2.13 bits per heavy atom. The highest BCUT2D eigenvalue weighted by Gasteiger charge is 2.45. The van der Waals surface area contributed by atoms with Crippen LogP contribution in [0, 0.1) is 0 Å². The molecule has 126 valence electrons. The van der Waals surface area contributed by atoms with E-state index in [1.165, 1.54) is 11.1 Å². The number of rotatable bonds is 4. The van der Waals surface area contributed by atoms with Gasteiger partial charge in [0.05, 0.1) is 0 Å². The van der Waals surface area contributed by atoms with Crippen LogP contribution >= 0.6 is 24.8 Å². The molecule has 1 N–H and O–H groups in total. The van der Waals surface area contributed by atoms with E-state index in [1.807, 2.05) is 12.4 Å². The highest BCUT2D eigenvalue weighted by Crippen LogP contribution is 2.47. The lowest BCUT2D eigenvalue weighted by atomic mass is 9.77. The summed E-state index contributed by atoms with van der Waals surface area (Å²) in [6.45, 7) is 4.61. The summed E-state index contributed by atoms with van der Waals surface area (Å²) in [6.07, 6.45) is 7.30. The van der Waals surface area contributed by atoms with E-state index >= 15 is 0 Å². The predicted octanol–water partition coefficient (Wildman–Crippen LogP) is 5.30. The van der Waals surface area contributed by atoms with E-state index in [0.29, 0.717) is 12.0 Å². The number of hydrogen-bond acceptors (Lipinski definition) is 2. The molecule has 0 bridgehead atoms. The average Bonchev–Trinajstić information content (AvgIpc) is 2.97. The molecule has 23 heavy (non-hydrogen) atoms. The molecule has 1 aliphatic rings. The molecule has 1 aliphatic heterocycles. The minimum absolute atomic E-state index is 0. The summed E-state index contributed by atoms with van der Waals surface area (Å²) in [7, 11) is 0. The van der Waals surface area contributed by atoms with Crippen molar-refractivity contribution >= 4 is 24.8 Å². The summed E-state index contributed by atoms with van der Waals surface area (Å²) < 4.78 is 0. The molecule has 1 saturated heterocycles. The van der Waals surface area contributed by atoms with Crippen LogP contribution < -0.4 is 5.32 Å². The van der Waals surface area contributed by atoms with Crippen LogP contribution in [0.1, 0.15) is 56.2 Å². The highest BCUT2D eigenvalue weighted by molar-refractivity contribution is 5.85. The monoisotopic (exact) mass is 352 g/mol. The van der Waals surface area contributed by atoms with Crippen molar-refractivity contribution in [3.05, 3.63) is 66.0 Å². The number of nitrogens with zero attached hydrogens (tertiary/aromatic N) is 1. The molecule has 3 rings (SSSR count). The summed E-state index contributed by atoms with van der Waals surface area (Å²) in [5.41, 5.74) is 3.02. The minimum atomic E-state index is 0. The Morgan fingerprint density at radius 2 is 1.57 bits per heavy atom. The Kier molecular flexibility index (Phi) is 7.53. The van der Waals surface area contributed by atoms with Crippen molar-refractivity contribution in [3.63, 3.8) is 0 Å². The van der Waals surface area contributed by atoms with Gasteiger partial charge < -0.3 is 5.32 Å². The fourth-order valence-corrected chi connectivity index (χ4v) is 3.87. The van der Waals surface area contributed by atoms with Crippen molar-refractivity contribution in [2.24, 2.45) is 0 Å². The SMILES string of the molecule is CCC1(CC)NC(c2ccccc2)CC1c1ccncc1.Cl.Cl. The maximum Gasteiger partial charge on any atom is 0.0331 e. The Morgan fingerprint density at radius 1 is 0.957 bits per heavy atom. The first kappa shape index (κ1) is 20.0. The Bertz CT molecular complexity index is 570. The first-order valence-electron chi connectivity index (χ1n) is 8.01. The number of hydrogen-bond donors (Lipinski definition) is 1. The van der Waals surface area contributed by atoms with Gasteiger partial charge in [-0.05, 0) is 42.5 Å². The van der Waals surface area contributed by atoms with Gasteiger partial charge in [-0.2, -0.15) is 0 Å². The molecule has 0 amide bonds. The van der Waals surface area contributed by atoms with Gasteiger partial charge in [-0.25, -0.2) is 0 Å². The molecule has 1 fully saturated rings. The van der Waals surface area contributed by atoms with Crippen LogP contribution in [-0.2, 0) is 0 Å². The second-order valence-corrected chi connectivity index (χ2v) is 6.04. The van der Waals surface area contributed by atoms with E-state index in [2.05, 4.69) is 66.6 Å². The van der Waals surface area contributed by atoms with E-state index in [1.54, 1.807) is 0 Å². The fraction of sp³-hybridized carbons (Fsp3) is 0.421. The van der Waals surface area contributed by atoms with Crippen molar-refractivity contribution in [2.45, 2.75) is 50.6 Å². The molecule has 0 aliphatic carbocycles. The first-order valence-corrected chi connectivity index (χ1v) is 8.01. The molecule has 4 heteroatoms. The minimum Gasteiger partial charge on any atom is -0.304 e. The van der Waals surface area contributed by atoms with Crippen LogP contribution in [0.5, 0.6) is 0 Å². The summed E-state index contributed by atoms with van der Waals surface area (Å²) in [5.74, 6) is 0.556. The number of benzene rings is 1. The summed E-state index contributed by atoms with van der Waals surface area (Å²) >= 11 is 0. The molecule has 2 nitrogen and oxygen atoms in total. The average molecular weight is 353 g/mol. The van der Waals surface area contributed by atoms with Crippen molar-refractivity contribution < 1.29 is 0 Å². The number of nitrogens with one attached hydrogen (secondary N) is 1. The van der Waals surface area contributed by atoms with Gasteiger partial charge in [0, 0.05) is 29.9 Å². The molecule has 2 atom stereocenters. The van der Waals surface area contributed by atoms with E-state index < -0.39 is 0 Å². The van der Waals surface area contributed by atoms with Gasteiger partial charge in [-0.3, -0.25) is 4.98 Å². The number of pyridine rings is 1. The molecular weight excluding hydrogens is 327 g/mol. The predicted molar refractivity (Wildman–Crippen MR) is 102 cm³/mol. The lowest BCUT2D eigenvalue weighted by molar-refractivity contribution is 0.303. The van der Waals surface area contributed by atoms with Crippen LogP contribution in [0.3, 0.4) is 0 Å². The quantitative estimate of drug-likeness (QED) is 0.807. The molecule has 2 heterocycles. The van der Waals surface area contributed by atoms with Crippen molar-refractivity contribution in [1.82, 2.24) is 10.3 Å². The van der Waals surface area contributed by atoms with Crippen LogP contribution in [0.4, 0.5) is 0 Å². The van der Waals surface area contributed by atoms with Crippen LogP contribution in [0.25, 0.3) is 0 Å². The van der Waals surface area contributed by atoms with Crippen molar-refractivity contribution in [2.75, 3.05) is 0 Å². The van der Waals surface area contributed by atoms with Crippen LogP contribution in [0.2, 0.25) is 0 Å². The summed E-state index contributed by atoms with van der Waals surface area (Å²) in [6, 6.07) is 15.6. The molecule has 0 radical (unpaired) electrons. The molecule has 2 unspecified atom stereocenters.